The van der Waals surface area contributed by atoms with E-state index < -0.39 is 0 Å². The number of hydrazine groups is 1. The van der Waals surface area contributed by atoms with Gasteiger partial charge < -0.3 is 0 Å². The molecule has 0 saturated heterocycles. The van der Waals surface area contributed by atoms with E-state index in [1.54, 1.807) is 0 Å². The number of halogens is 1. The molecule has 92 valence electrons. The molecule has 0 amide bonds. The third-order valence-corrected chi connectivity index (χ3v) is 3.72. The molecule has 3 heteroatoms. The highest BCUT2D eigenvalue weighted by atomic mass is 79.9. The summed E-state index contributed by atoms with van der Waals surface area (Å²) in [5.41, 5.74) is 6.88. The van der Waals surface area contributed by atoms with Gasteiger partial charge in [-0.05, 0) is 55.9 Å². The van der Waals surface area contributed by atoms with Crippen molar-refractivity contribution < 1.29 is 0 Å². The van der Waals surface area contributed by atoms with Crippen LogP contribution in [0.25, 0.3) is 0 Å². The van der Waals surface area contributed by atoms with Crippen LogP contribution in [0.15, 0.2) is 34.3 Å². The maximum absolute atomic E-state index is 5.73. The molecule has 0 heterocycles. The van der Waals surface area contributed by atoms with E-state index in [4.69, 9.17) is 5.84 Å². The highest BCUT2D eigenvalue weighted by Gasteiger charge is 2.17. The first-order chi connectivity index (χ1) is 8.20. The SMILES string of the molecule is Cc1cc(Br)cc(C(NN)C2=CCCCC2)c1. The lowest BCUT2D eigenvalue weighted by Crippen LogP contribution is -2.30. The van der Waals surface area contributed by atoms with Crippen molar-refractivity contribution in [2.24, 2.45) is 5.84 Å². The molecule has 1 atom stereocenters. The van der Waals surface area contributed by atoms with Gasteiger partial charge in [-0.15, -0.1) is 0 Å². The Morgan fingerprint density at radius 1 is 1.29 bits per heavy atom. The van der Waals surface area contributed by atoms with Crippen LogP contribution in [-0.2, 0) is 0 Å². The number of aryl methyl sites for hydroxylation is 1. The molecule has 2 nitrogen and oxygen atoms in total. The van der Waals surface area contributed by atoms with Gasteiger partial charge >= 0.3 is 0 Å². The van der Waals surface area contributed by atoms with Crippen molar-refractivity contribution >= 4 is 15.9 Å². The van der Waals surface area contributed by atoms with Gasteiger partial charge in [0.05, 0.1) is 6.04 Å². The van der Waals surface area contributed by atoms with E-state index in [9.17, 15) is 0 Å². The second-order valence-electron chi connectivity index (χ2n) is 4.69. The van der Waals surface area contributed by atoms with Crippen LogP contribution in [0, 0.1) is 6.92 Å². The molecule has 0 fully saturated rings. The molecule has 1 aliphatic carbocycles. The lowest BCUT2D eigenvalue weighted by Gasteiger charge is -2.23. The fourth-order valence-electron chi connectivity index (χ4n) is 2.47. The smallest absolute Gasteiger partial charge is 0.0670 e. The van der Waals surface area contributed by atoms with Crippen molar-refractivity contribution in [1.82, 2.24) is 5.43 Å². The standard InChI is InChI=1S/C14H19BrN2/c1-10-7-12(9-13(15)8-10)14(17-16)11-5-3-2-4-6-11/h5,7-9,14,17H,2-4,6,16H2,1H3. The Morgan fingerprint density at radius 2 is 2.12 bits per heavy atom. The molecule has 0 radical (unpaired) electrons. The third-order valence-electron chi connectivity index (χ3n) is 3.26. The van der Waals surface area contributed by atoms with Crippen molar-refractivity contribution in [2.75, 3.05) is 0 Å². The predicted octanol–water partition coefficient (Wildman–Crippen LogP) is 3.76. The van der Waals surface area contributed by atoms with Crippen LogP contribution in [0.4, 0.5) is 0 Å². The zero-order valence-electron chi connectivity index (χ0n) is 10.2. The summed E-state index contributed by atoms with van der Waals surface area (Å²) in [6.45, 7) is 2.11. The van der Waals surface area contributed by atoms with Crippen LogP contribution < -0.4 is 11.3 Å². The first kappa shape index (κ1) is 12.8. The summed E-state index contributed by atoms with van der Waals surface area (Å²) < 4.78 is 1.11. The van der Waals surface area contributed by atoms with Gasteiger partial charge in [-0.3, -0.25) is 5.84 Å². The molecule has 1 aromatic carbocycles. The summed E-state index contributed by atoms with van der Waals surface area (Å²) in [5, 5.41) is 0. The molecule has 2 rings (SSSR count). The van der Waals surface area contributed by atoms with Gasteiger partial charge in [0, 0.05) is 4.47 Å². The van der Waals surface area contributed by atoms with Crippen molar-refractivity contribution in [3.63, 3.8) is 0 Å². The minimum Gasteiger partial charge on any atom is -0.271 e. The van der Waals surface area contributed by atoms with E-state index in [-0.39, 0.29) is 6.04 Å². The largest absolute Gasteiger partial charge is 0.271 e. The molecule has 1 unspecified atom stereocenters. The lowest BCUT2D eigenvalue weighted by molar-refractivity contribution is 0.565. The summed E-state index contributed by atoms with van der Waals surface area (Å²) in [4.78, 5) is 0. The van der Waals surface area contributed by atoms with Gasteiger partial charge in [-0.25, -0.2) is 5.43 Å². The maximum atomic E-state index is 5.73. The van der Waals surface area contributed by atoms with Gasteiger partial charge in [0.2, 0.25) is 0 Å². The van der Waals surface area contributed by atoms with E-state index >= 15 is 0 Å². The molecule has 17 heavy (non-hydrogen) atoms. The first-order valence-electron chi connectivity index (χ1n) is 6.13. The Labute approximate surface area is 111 Å². The van der Waals surface area contributed by atoms with Crippen molar-refractivity contribution in [1.29, 1.82) is 0 Å². The van der Waals surface area contributed by atoms with Gasteiger partial charge in [0.1, 0.15) is 0 Å². The number of hydrogen-bond donors (Lipinski definition) is 2. The molecule has 0 spiro atoms. The predicted molar refractivity (Wildman–Crippen MR) is 75.5 cm³/mol. The van der Waals surface area contributed by atoms with Crippen molar-refractivity contribution in [2.45, 2.75) is 38.6 Å². The molecular formula is C14H19BrN2. The van der Waals surface area contributed by atoms with E-state index in [0.29, 0.717) is 0 Å². The lowest BCUT2D eigenvalue weighted by atomic mass is 9.90. The summed E-state index contributed by atoms with van der Waals surface area (Å²) in [5.74, 6) is 5.73. The Balaban J connectivity index is 2.31. The van der Waals surface area contributed by atoms with E-state index in [1.165, 1.54) is 36.0 Å². The Bertz CT molecular complexity index is 406. The van der Waals surface area contributed by atoms with Crippen molar-refractivity contribution in [3.8, 4) is 0 Å². The van der Waals surface area contributed by atoms with Crippen LogP contribution in [0.3, 0.4) is 0 Å². The summed E-state index contributed by atoms with van der Waals surface area (Å²) >= 11 is 3.55. The van der Waals surface area contributed by atoms with E-state index in [0.717, 1.165) is 10.9 Å². The monoisotopic (exact) mass is 294 g/mol. The molecule has 0 bridgehead atoms. The average molecular weight is 295 g/mol. The van der Waals surface area contributed by atoms with Crippen molar-refractivity contribution in [3.05, 3.63) is 45.4 Å². The Hall–Kier alpha value is -0.640. The molecule has 3 N–H and O–H groups in total. The van der Waals surface area contributed by atoms with Crippen LogP contribution in [-0.4, -0.2) is 0 Å². The molecule has 0 aliphatic heterocycles. The van der Waals surface area contributed by atoms with Gasteiger partial charge in [0.15, 0.2) is 0 Å². The fraction of sp³-hybridized carbons (Fsp3) is 0.429. The number of benzene rings is 1. The number of nitrogens with two attached hydrogens (primary N) is 1. The van der Waals surface area contributed by atoms with Gasteiger partial charge in [0.25, 0.3) is 0 Å². The molecule has 1 aliphatic rings. The quantitative estimate of drug-likeness (QED) is 0.506. The number of allylic oxidation sites excluding steroid dienone is 1. The second kappa shape index (κ2) is 5.80. The topological polar surface area (TPSA) is 38.0 Å². The molecule has 1 aromatic rings. The average Bonchev–Trinajstić information content (AvgIpc) is 2.30. The highest BCUT2D eigenvalue weighted by molar-refractivity contribution is 9.10. The second-order valence-corrected chi connectivity index (χ2v) is 5.60. The fourth-order valence-corrected chi connectivity index (χ4v) is 3.10. The normalized spacial score (nSPS) is 17.7. The Kier molecular flexibility index (Phi) is 4.37. The zero-order chi connectivity index (χ0) is 12.3. The first-order valence-corrected chi connectivity index (χ1v) is 6.92. The maximum Gasteiger partial charge on any atom is 0.0670 e. The minimum absolute atomic E-state index is 0.159. The summed E-state index contributed by atoms with van der Waals surface area (Å²) in [6, 6.07) is 6.62. The summed E-state index contributed by atoms with van der Waals surface area (Å²) in [6.07, 6.45) is 7.25. The van der Waals surface area contributed by atoms with Crippen LogP contribution in [0.2, 0.25) is 0 Å². The number of hydrogen-bond acceptors (Lipinski definition) is 2. The third kappa shape index (κ3) is 3.18. The van der Waals surface area contributed by atoms with Gasteiger partial charge in [-0.1, -0.05) is 33.6 Å². The Morgan fingerprint density at radius 3 is 2.71 bits per heavy atom. The molecular weight excluding hydrogens is 276 g/mol. The van der Waals surface area contributed by atoms with Crippen LogP contribution in [0.5, 0.6) is 0 Å². The number of nitrogens with one attached hydrogen (secondary N) is 1. The summed E-state index contributed by atoms with van der Waals surface area (Å²) in [7, 11) is 0. The van der Waals surface area contributed by atoms with Crippen LogP contribution in [0.1, 0.15) is 42.9 Å². The zero-order valence-corrected chi connectivity index (χ0v) is 11.8. The van der Waals surface area contributed by atoms with Crippen LogP contribution >= 0.6 is 15.9 Å². The highest BCUT2D eigenvalue weighted by Crippen LogP contribution is 2.31. The molecule has 0 saturated carbocycles. The molecule has 0 aromatic heterocycles. The van der Waals surface area contributed by atoms with E-state index in [2.05, 4.69) is 52.6 Å². The number of rotatable bonds is 3. The van der Waals surface area contributed by atoms with Gasteiger partial charge in [-0.2, -0.15) is 0 Å². The van der Waals surface area contributed by atoms with E-state index in [1.807, 2.05) is 0 Å². The minimum atomic E-state index is 0.159.